The summed E-state index contributed by atoms with van der Waals surface area (Å²) < 4.78 is 29.0. The van der Waals surface area contributed by atoms with Crippen molar-refractivity contribution in [3.8, 4) is 33.8 Å². The molecule has 0 bridgehead atoms. The van der Waals surface area contributed by atoms with Gasteiger partial charge in [0.2, 0.25) is 0 Å². The van der Waals surface area contributed by atoms with Crippen molar-refractivity contribution in [3.63, 3.8) is 0 Å². The zero-order valence-electron chi connectivity index (χ0n) is 20.8. The van der Waals surface area contributed by atoms with Crippen LogP contribution in [0.1, 0.15) is 16.7 Å². The van der Waals surface area contributed by atoms with Crippen molar-refractivity contribution in [2.45, 2.75) is 25.7 Å². The maximum absolute atomic E-state index is 13.2. The molecule has 0 radical (unpaired) electrons. The van der Waals surface area contributed by atoms with E-state index in [0.717, 1.165) is 27.5 Å². The summed E-state index contributed by atoms with van der Waals surface area (Å²) >= 11 is 0. The first-order valence-corrected chi connectivity index (χ1v) is 13.4. The van der Waals surface area contributed by atoms with Crippen LogP contribution in [0.5, 0.6) is 11.5 Å². The second kappa shape index (κ2) is 9.30. The van der Waals surface area contributed by atoms with Gasteiger partial charge in [-0.15, -0.1) is 0 Å². The van der Waals surface area contributed by atoms with E-state index in [0.29, 0.717) is 27.9 Å². The Morgan fingerprint density at radius 2 is 1.38 bits per heavy atom. The summed E-state index contributed by atoms with van der Waals surface area (Å²) in [5, 5.41) is 23.9. The smallest absolute Gasteiger partial charge is 0.261 e. The Kier molecular flexibility index (Phi) is 6.13. The number of hydrogen-bond acceptors (Lipinski definition) is 4. The van der Waals surface area contributed by atoms with Crippen LogP contribution in [-0.2, 0) is 10.0 Å². The van der Waals surface area contributed by atoms with Crippen molar-refractivity contribution in [2.75, 3.05) is 4.72 Å². The molecule has 0 fully saturated rings. The van der Waals surface area contributed by atoms with E-state index >= 15 is 0 Å². The molecule has 186 valence electrons. The predicted octanol–water partition coefficient (Wildman–Crippen LogP) is 7.31. The standard InChI is InChI=1S/C31H27NO4S/c1-19-9-14-25(15-10-19)37(35,36)32-27-17-20(2)31(34)29(21(27)3)30-26-18-24(22-7-5-4-6-8-22)12-11-23(26)13-16-28(30)33/h4-18,32-34H,1-3H3. The van der Waals surface area contributed by atoms with Gasteiger partial charge in [0.25, 0.3) is 10.0 Å². The summed E-state index contributed by atoms with van der Waals surface area (Å²) in [6.07, 6.45) is 0. The molecule has 0 saturated heterocycles. The molecule has 0 aliphatic carbocycles. The molecule has 0 aliphatic rings. The minimum Gasteiger partial charge on any atom is -0.507 e. The fraction of sp³-hybridized carbons (Fsp3) is 0.0968. The van der Waals surface area contributed by atoms with Gasteiger partial charge in [-0.05, 0) is 84.1 Å². The lowest BCUT2D eigenvalue weighted by Crippen LogP contribution is -2.14. The molecule has 0 aromatic heterocycles. The molecule has 6 heteroatoms. The number of benzene rings is 5. The van der Waals surface area contributed by atoms with Crippen LogP contribution >= 0.6 is 0 Å². The normalized spacial score (nSPS) is 11.5. The van der Waals surface area contributed by atoms with Gasteiger partial charge in [0.1, 0.15) is 11.5 Å². The maximum atomic E-state index is 13.2. The van der Waals surface area contributed by atoms with Crippen LogP contribution in [0.2, 0.25) is 0 Å². The molecular weight excluding hydrogens is 482 g/mol. The molecule has 5 aromatic rings. The van der Waals surface area contributed by atoms with Crippen molar-refractivity contribution in [3.05, 3.63) is 108 Å². The van der Waals surface area contributed by atoms with Gasteiger partial charge in [0.05, 0.1) is 10.6 Å². The summed E-state index contributed by atoms with van der Waals surface area (Å²) in [6.45, 7) is 5.34. The Morgan fingerprint density at radius 1 is 0.703 bits per heavy atom. The number of nitrogens with one attached hydrogen (secondary N) is 1. The van der Waals surface area contributed by atoms with E-state index in [1.165, 1.54) is 0 Å². The summed E-state index contributed by atoms with van der Waals surface area (Å²) in [5.41, 5.74) is 5.10. The second-order valence-corrected chi connectivity index (χ2v) is 11.0. The van der Waals surface area contributed by atoms with Crippen LogP contribution in [0.25, 0.3) is 33.0 Å². The van der Waals surface area contributed by atoms with Crippen LogP contribution in [0.15, 0.2) is 95.9 Å². The van der Waals surface area contributed by atoms with E-state index in [2.05, 4.69) is 4.72 Å². The number of fused-ring (bicyclic) bond motifs is 1. The zero-order chi connectivity index (χ0) is 26.3. The van der Waals surface area contributed by atoms with Crippen molar-refractivity contribution >= 4 is 26.5 Å². The topological polar surface area (TPSA) is 86.6 Å². The largest absolute Gasteiger partial charge is 0.507 e. The van der Waals surface area contributed by atoms with Crippen LogP contribution in [0.3, 0.4) is 0 Å². The van der Waals surface area contributed by atoms with Crippen LogP contribution in [-0.4, -0.2) is 18.6 Å². The highest BCUT2D eigenvalue weighted by molar-refractivity contribution is 7.92. The first-order chi connectivity index (χ1) is 17.7. The Labute approximate surface area is 216 Å². The monoisotopic (exact) mass is 509 g/mol. The fourth-order valence-corrected chi connectivity index (χ4v) is 5.73. The Hall–Kier alpha value is -4.29. The van der Waals surface area contributed by atoms with Gasteiger partial charge in [-0.1, -0.05) is 66.2 Å². The van der Waals surface area contributed by atoms with Gasteiger partial charge in [-0.25, -0.2) is 8.42 Å². The molecule has 37 heavy (non-hydrogen) atoms. The SMILES string of the molecule is Cc1ccc(S(=O)(=O)Nc2cc(C)c(O)c(-c3c(O)ccc4ccc(-c5ccccc5)cc34)c2C)cc1. The third-order valence-electron chi connectivity index (χ3n) is 6.68. The van der Waals surface area contributed by atoms with Crippen molar-refractivity contribution in [1.29, 1.82) is 0 Å². The first-order valence-electron chi connectivity index (χ1n) is 11.9. The van der Waals surface area contributed by atoms with Crippen molar-refractivity contribution < 1.29 is 18.6 Å². The van der Waals surface area contributed by atoms with E-state index < -0.39 is 10.0 Å². The summed E-state index contributed by atoms with van der Waals surface area (Å²) in [7, 11) is -3.87. The molecule has 3 N–H and O–H groups in total. The molecular formula is C31H27NO4S. The van der Waals surface area contributed by atoms with Crippen molar-refractivity contribution in [1.82, 2.24) is 0 Å². The number of aromatic hydroxyl groups is 2. The maximum Gasteiger partial charge on any atom is 0.261 e. The highest BCUT2D eigenvalue weighted by atomic mass is 32.2. The molecule has 0 atom stereocenters. The highest BCUT2D eigenvalue weighted by Gasteiger charge is 2.23. The highest BCUT2D eigenvalue weighted by Crippen LogP contribution is 2.46. The van der Waals surface area contributed by atoms with Gasteiger partial charge in [0, 0.05) is 11.1 Å². The number of phenols is 2. The third-order valence-corrected chi connectivity index (χ3v) is 8.06. The van der Waals surface area contributed by atoms with Crippen LogP contribution in [0.4, 0.5) is 5.69 Å². The number of rotatable bonds is 5. The Balaban J connectivity index is 1.71. The molecule has 5 nitrogen and oxygen atoms in total. The van der Waals surface area contributed by atoms with Crippen molar-refractivity contribution in [2.24, 2.45) is 0 Å². The number of sulfonamides is 1. The lowest BCUT2D eigenvalue weighted by atomic mass is 9.89. The number of hydrogen-bond donors (Lipinski definition) is 3. The van der Waals surface area contributed by atoms with Crippen LogP contribution < -0.4 is 4.72 Å². The zero-order valence-corrected chi connectivity index (χ0v) is 21.6. The van der Waals surface area contributed by atoms with E-state index in [1.807, 2.05) is 61.5 Å². The average molecular weight is 510 g/mol. The first kappa shape index (κ1) is 24.4. The molecule has 0 unspecified atom stereocenters. The fourth-order valence-electron chi connectivity index (χ4n) is 4.62. The van der Waals surface area contributed by atoms with E-state index in [-0.39, 0.29) is 16.4 Å². The van der Waals surface area contributed by atoms with E-state index in [9.17, 15) is 18.6 Å². The minimum absolute atomic E-state index is 0.00551. The van der Waals surface area contributed by atoms with Gasteiger partial charge < -0.3 is 10.2 Å². The molecule has 0 spiro atoms. The summed E-state index contributed by atoms with van der Waals surface area (Å²) in [5.74, 6) is -0.0160. The molecule has 5 rings (SSSR count). The minimum atomic E-state index is -3.87. The lowest BCUT2D eigenvalue weighted by Gasteiger charge is -2.20. The van der Waals surface area contributed by atoms with Crippen LogP contribution in [0, 0.1) is 20.8 Å². The Morgan fingerprint density at radius 3 is 2.08 bits per heavy atom. The quantitative estimate of drug-likeness (QED) is 0.217. The molecule has 0 aliphatic heterocycles. The number of phenolic OH excluding ortho intramolecular Hbond substituents is 2. The van der Waals surface area contributed by atoms with E-state index in [1.54, 1.807) is 50.2 Å². The average Bonchev–Trinajstić information content (AvgIpc) is 2.89. The predicted molar refractivity (Wildman–Crippen MR) is 150 cm³/mol. The summed E-state index contributed by atoms with van der Waals surface area (Å²) in [4.78, 5) is 0.144. The van der Waals surface area contributed by atoms with Gasteiger partial charge in [-0.3, -0.25) is 4.72 Å². The molecule has 0 saturated carbocycles. The Bertz CT molecular complexity index is 1740. The second-order valence-electron chi connectivity index (χ2n) is 9.27. The van der Waals surface area contributed by atoms with Gasteiger partial charge >= 0.3 is 0 Å². The molecule has 5 aromatic carbocycles. The molecule has 0 amide bonds. The van der Waals surface area contributed by atoms with E-state index in [4.69, 9.17) is 0 Å². The van der Waals surface area contributed by atoms with Gasteiger partial charge in [-0.2, -0.15) is 0 Å². The lowest BCUT2D eigenvalue weighted by molar-refractivity contribution is 0.467. The number of aryl methyl sites for hydroxylation is 2. The number of anilines is 1. The third kappa shape index (κ3) is 4.52. The molecule has 0 heterocycles. The van der Waals surface area contributed by atoms with Gasteiger partial charge in [0.15, 0.2) is 0 Å². The summed E-state index contributed by atoms with van der Waals surface area (Å²) in [6, 6.07) is 27.5.